The number of allylic oxidation sites excluding steroid dienone is 4. The molecular formula is C52H61Cl2N4O14PS2. The number of quaternary nitrogens is 1. The fourth-order valence-corrected chi connectivity index (χ4v) is 12.7. The van der Waals surface area contributed by atoms with Crippen LogP contribution in [0.15, 0.2) is 153 Å². The van der Waals surface area contributed by atoms with Crippen LogP contribution in [0.1, 0.15) is 47.9 Å². The standard InChI is InChI=1S/2C26H29ClN2O5S.H3O4P/c2*1-18-23(26(30)34-13-12-29(2)16-19-8-4-3-5-9-19)24(20-10-6-7-11-21(20)27)25-22(28-18)17-33-14-15-35(25,31)32;1-5(2,3)4/h2*3-11,24,28H,12-17H2,1-2H3;(H3,1,2,3,4). The molecule has 0 aliphatic carbocycles. The van der Waals surface area contributed by atoms with Crippen molar-refractivity contribution in [2.24, 2.45) is 0 Å². The van der Waals surface area contributed by atoms with E-state index in [1.165, 1.54) is 10.5 Å². The van der Waals surface area contributed by atoms with Crippen LogP contribution in [0, 0.1) is 0 Å². The average molecular weight is 1130 g/mol. The number of sulfone groups is 2. The van der Waals surface area contributed by atoms with Crippen LogP contribution >= 0.6 is 31.0 Å². The maximum atomic E-state index is 13.4. The number of phosphoric acid groups is 1. The summed E-state index contributed by atoms with van der Waals surface area (Å²) in [5.74, 6) is -3.20. The Kier molecular flexibility index (Phi) is 21.0. The van der Waals surface area contributed by atoms with Crippen molar-refractivity contribution in [3.63, 3.8) is 0 Å². The van der Waals surface area contributed by atoms with E-state index in [-0.39, 0.29) is 72.1 Å². The van der Waals surface area contributed by atoms with Crippen LogP contribution in [0.3, 0.4) is 0 Å². The van der Waals surface area contributed by atoms with Crippen molar-refractivity contribution in [1.82, 2.24) is 15.5 Å². The van der Waals surface area contributed by atoms with Gasteiger partial charge in [-0.1, -0.05) is 120 Å². The van der Waals surface area contributed by atoms with Gasteiger partial charge in [0.05, 0.1) is 89.2 Å². The molecule has 3 unspecified atom stereocenters. The molecule has 5 N–H and O–H groups in total. The lowest BCUT2D eigenvalue weighted by Crippen LogP contribution is -3.08. The number of benzene rings is 4. The summed E-state index contributed by atoms with van der Waals surface area (Å²) in [6.07, 6.45) is 0. The van der Waals surface area contributed by atoms with Crippen LogP contribution in [-0.2, 0) is 65.9 Å². The first-order chi connectivity index (χ1) is 35.6. The molecule has 0 bridgehead atoms. The number of esters is 2. The summed E-state index contributed by atoms with van der Waals surface area (Å²) < 4.78 is 84.3. The van der Waals surface area contributed by atoms with Crippen LogP contribution in [0.5, 0.6) is 0 Å². The maximum absolute atomic E-state index is 13.4. The Labute approximate surface area is 447 Å². The lowest BCUT2D eigenvalue weighted by Gasteiger charge is -2.31. The van der Waals surface area contributed by atoms with E-state index in [2.05, 4.69) is 27.7 Å². The van der Waals surface area contributed by atoms with E-state index in [9.17, 15) is 26.4 Å². The topological polar surface area (TPSA) is 252 Å². The lowest BCUT2D eigenvalue weighted by molar-refractivity contribution is -0.893. The number of carbonyl (C=O) groups is 2. The number of hydrogen-bond acceptors (Lipinski definition) is 15. The highest BCUT2D eigenvalue weighted by atomic mass is 35.5. The van der Waals surface area contributed by atoms with Gasteiger partial charge in [0.25, 0.3) is 7.82 Å². The molecule has 0 aromatic heterocycles. The molecule has 404 valence electrons. The largest absolute Gasteiger partial charge is 0.756 e. The number of hydrogen-bond donors (Lipinski definition) is 5. The average Bonchev–Trinajstić information content (AvgIpc) is 3.59. The Bertz CT molecular complexity index is 2890. The summed E-state index contributed by atoms with van der Waals surface area (Å²) in [5, 5.41) is 6.97. The number of carbonyl (C=O) groups excluding carboxylic acids is 2. The first kappa shape index (κ1) is 59.1. The molecule has 0 amide bonds. The zero-order valence-corrected chi connectivity index (χ0v) is 45.8. The quantitative estimate of drug-likeness (QED) is 0.0873. The zero-order chi connectivity index (χ0) is 54.5. The van der Waals surface area contributed by atoms with Gasteiger partial charge in [-0.05, 0) is 49.7 Å². The van der Waals surface area contributed by atoms with Gasteiger partial charge in [-0.2, -0.15) is 0 Å². The fraction of sp³-hybridized carbons (Fsp3) is 0.346. The van der Waals surface area contributed by atoms with E-state index < -0.39 is 51.3 Å². The summed E-state index contributed by atoms with van der Waals surface area (Å²) in [5.41, 5.74) is 5.88. The Balaban J connectivity index is 0.000000224. The highest BCUT2D eigenvalue weighted by Gasteiger charge is 2.44. The summed E-state index contributed by atoms with van der Waals surface area (Å²) in [6.45, 7) is 6.90. The molecule has 0 saturated heterocycles. The fourth-order valence-electron chi connectivity index (χ4n) is 8.94. The minimum atomic E-state index is -4.89. The Morgan fingerprint density at radius 3 is 1.55 bits per heavy atom. The van der Waals surface area contributed by atoms with E-state index in [0.29, 0.717) is 57.0 Å². The Hall–Kier alpha value is -5.19. The first-order valence-corrected chi connectivity index (χ1v) is 29.3. The van der Waals surface area contributed by atoms with Crippen LogP contribution in [0.2, 0.25) is 10.0 Å². The van der Waals surface area contributed by atoms with Gasteiger partial charge in [-0.25, -0.2) is 26.4 Å². The number of ether oxygens (including phenoxy) is 4. The predicted molar refractivity (Wildman–Crippen MR) is 282 cm³/mol. The molecule has 23 heteroatoms. The number of nitrogens with one attached hydrogen (secondary N) is 3. The number of halogens is 2. The van der Waals surface area contributed by atoms with Gasteiger partial charge in [0.2, 0.25) is 0 Å². The van der Waals surface area contributed by atoms with Crippen molar-refractivity contribution in [3.8, 4) is 0 Å². The molecule has 4 aromatic carbocycles. The summed E-state index contributed by atoms with van der Waals surface area (Å²) in [4.78, 5) is 53.2. The monoisotopic (exact) mass is 1130 g/mol. The van der Waals surface area contributed by atoms with Gasteiger partial charge >= 0.3 is 11.9 Å². The van der Waals surface area contributed by atoms with E-state index >= 15 is 0 Å². The summed E-state index contributed by atoms with van der Waals surface area (Å²) >= 11 is 13.0. The van der Waals surface area contributed by atoms with Crippen molar-refractivity contribution >= 4 is 62.6 Å². The van der Waals surface area contributed by atoms with Crippen LogP contribution < -0.4 is 20.4 Å². The first-order valence-electron chi connectivity index (χ1n) is 23.8. The molecule has 4 aliphatic heterocycles. The zero-order valence-electron chi connectivity index (χ0n) is 41.8. The normalized spacial score (nSPS) is 19.5. The predicted octanol–water partition coefficient (Wildman–Crippen LogP) is 4.29. The molecule has 4 heterocycles. The van der Waals surface area contributed by atoms with Gasteiger partial charge in [-0.15, -0.1) is 0 Å². The number of likely N-dealkylation sites (N-methyl/N-ethyl adjacent to an activating group) is 2. The van der Waals surface area contributed by atoms with Gasteiger partial charge < -0.3 is 49.2 Å². The van der Waals surface area contributed by atoms with Gasteiger partial charge in [0, 0.05) is 40.1 Å². The van der Waals surface area contributed by atoms with Gasteiger partial charge in [-0.3, -0.25) is 9.46 Å². The van der Waals surface area contributed by atoms with Gasteiger partial charge in [0.1, 0.15) is 26.3 Å². The van der Waals surface area contributed by atoms with Crippen molar-refractivity contribution in [3.05, 3.63) is 185 Å². The Morgan fingerprint density at radius 1 is 0.707 bits per heavy atom. The molecule has 0 spiro atoms. The third-order valence-corrected chi connectivity index (χ3v) is 16.7. The minimum absolute atomic E-state index is 0.0822. The second-order valence-corrected chi connectivity index (χ2v) is 24.0. The molecule has 4 aromatic rings. The molecule has 0 fully saturated rings. The molecular weight excluding hydrogens is 1070 g/mol. The second-order valence-electron chi connectivity index (χ2n) is 18.0. The third-order valence-electron chi connectivity index (χ3n) is 12.3. The molecule has 3 atom stereocenters. The van der Waals surface area contributed by atoms with Crippen LogP contribution in [0.25, 0.3) is 0 Å². The smallest absolute Gasteiger partial charge is 0.336 e. The molecule has 75 heavy (non-hydrogen) atoms. The molecule has 0 saturated carbocycles. The highest BCUT2D eigenvalue weighted by Crippen LogP contribution is 2.46. The van der Waals surface area contributed by atoms with Gasteiger partial charge in [0.15, 0.2) is 19.7 Å². The molecule has 4 aliphatic rings. The van der Waals surface area contributed by atoms with Crippen LogP contribution in [0.4, 0.5) is 0 Å². The second kappa shape index (κ2) is 26.7. The van der Waals surface area contributed by atoms with E-state index in [4.69, 9.17) is 61.4 Å². The van der Waals surface area contributed by atoms with E-state index in [0.717, 1.165) is 18.7 Å². The Morgan fingerprint density at radius 2 is 1.11 bits per heavy atom. The summed E-state index contributed by atoms with van der Waals surface area (Å²) in [7, 11) is -8.31. The lowest BCUT2D eigenvalue weighted by atomic mass is 9.86. The number of nitrogens with zero attached hydrogens (tertiary/aromatic N) is 1. The third kappa shape index (κ3) is 16.4. The van der Waals surface area contributed by atoms with Crippen molar-refractivity contribution in [1.29, 1.82) is 0 Å². The van der Waals surface area contributed by atoms with Crippen LogP contribution in [-0.4, -0.2) is 122 Å². The maximum Gasteiger partial charge on any atom is 0.336 e. The number of dihydropyridines is 2. The van der Waals surface area contributed by atoms with E-state index in [1.807, 2.05) is 62.6 Å². The highest BCUT2D eigenvalue weighted by molar-refractivity contribution is 7.95. The molecule has 0 radical (unpaired) electrons. The number of rotatable bonds is 14. The molecule has 18 nitrogen and oxygen atoms in total. The minimum Gasteiger partial charge on any atom is -0.756 e. The SMILES string of the molecule is CC1=C(C(=O)OCCN(C)Cc2ccccc2)C(c2ccccc2Cl)C2=C(COCCS2(=O)=O)N1.CC1=C(C(=O)OCC[NH+](C)Cc2ccccc2)C(c2ccccc2Cl)C2=C(COCCS2(=O)=O)N1.O=P([O-])(O)O. The molecule has 8 rings (SSSR count). The van der Waals surface area contributed by atoms with Crippen molar-refractivity contribution in [2.75, 3.05) is 78.3 Å². The van der Waals surface area contributed by atoms with Crippen molar-refractivity contribution < 1.29 is 69.5 Å². The summed E-state index contributed by atoms with van der Waals surface area (Å²) in [6, 6.07) is 34.1. The van der Waals surface area contributed by atoms with Crippen molar-refractivity contribution in [2.45, 2.75) is 38.8 Å². The van der Waals surface area contributed by atoms with E-state index in [1.54, 1.807) is 62.4 Å².